The van der Waals surface area contributed by atoms with Gasteiger partial charge >= 0.3 is 0 Å². The molecule has 0 aliphatic heterocycles. The first-order valence-electron chi connectivity index (χ1n) is 8.55. The van der Waals surface area contributed by atoms with E-state index in [1.54, 1.807) is 11.3 Å². The van der Waals surface area contributed by atoms with E-state index in [1.165, 1.54) is 28.0 Å². The molecule has 5 nitrogen and oxygen atoms in total. The predicted octanol–water partition coefficient (Wildman–Crippen LogP) is 4.29. The molecule has 8 heteroatoms. The molecule has 25 heavy (non-hydrogen) atoms. The van der Waals surface area contributed by atoms with Crippen molar-refractivity contribution >= 4 is 45.5 Å². The number of nitrogens with zero attached hydrogens (tertiary/aromatic N) is 2. The van der Waals surface area contributed by atoms with Crippen LogP contribution in [0.4, 0.5) is 5.13 Å². The molecule has 0 aromatic carbocycles. The number of amides is 1. The molecule has 0 fully saturated rings. The standard InChI is InChI=1S/C17H26N4OS3/c1-12(2)6-7-13(3)19-15(22)11-24-17-21-20-16(25-17)18-9-8-14-5-4-10-23-14/h4-5,10,12-13H,6-9,11H2,1-3H3,(H,18,20)(H,19,22). The van der Waals surface area contributed by atoms with Gasteiger partial charge in [-0.1, -0.05) is 43.0 Å². The lowest BCUT2D eigenvalue weighted by Crippen LogP contribution is -2.33. The Balaban J connectivity index is 1.64. The number of nitrogens with one attached hydrogen (secondary N) is 2. The number of hydrogen-bond donors (Lipinski definition) is 2. The van der Waals surface area contributed by atoms with Crippen LogP contribution in [0.15, 0.2) is 21.9 Å². The monoisotopic (exact) mass is 398 g/mol. The first kappa shape index (κ1) is 20.2. The van der Waals surface area contributed by atoms with Gasteiger partial charge in [-0.3, -0.25) is 4.79 Å². The summed E-state index contributed by atoms with van der Waals surface area (Å²) in [5.41, 5.74) is 0. The van der Waals surface area contributed by atoms with Gasteiger partial charge in [0.25, 0.3) is 0 Å². The van der Waals surface area contributed by atoms with Gasteiger partial charge in [0.2, 0.25) is 11.0 Å². The van der Waals surface area contributed by atoms with Crippen molar-refractivity contribution in [1.29, 1.82) is 0 Å². The summed E-state index contributed by atoms with van der Waals surface area (Å²) in [5.74, 6) is 1.11. The average Bonchev–Trinajstić information content (AvgIpc) is 3.23. The quantitative estimate of drug-likeness (QED) is 0.553. The summed E-state index contributed by atoms with van der Waals surface area (Å²) in [4.78, 5) is 13.3. The Hall–Kier alpha value is -1.12. The molecule has 2 aromatic heterocycles. The molecule has 0 aliphatic rings. The second-order valence-corrected chi connectivity index (χ2v) is 9.59. The highest BCUT2D eigenvalue weighted by Crippen LogP contribution is 2.25. The lowest BCUT2D eigenvalue weighted by Gasteiger charge is -2.14. The van der Waals surface area contributed by atoms with E-state index < -0.39 is 0 Å². The number of anilines is 1. The summed E-state index contributed by atoms with van der Waals surface area (Å²) in [7, 11) is 0. The molecular weight excluding hydrogens is 372 g/mol. The van der Waals surface area contributed by atoms with Gasteiger partial charge < -0.3 is 10.6 Å². The average molecular weight is 399 g/mol. The fourth-order valence-corrected chi connectivity index (χ4v) is 4.48. The SMILES string of the molecule is CC(C)CCC(C)NC(=O)CSc1nnc(NCCc2cccs2)s1. The number of aromatic nitrogens is 2. The Labute approximate surface area is 162 Å². The van der Waals surface area contributed by atoms with Crippen LogP contribution in [0, 0.1) is 5.92 Å². The van der Waals surface area contributed by atoms with Crippen LogP contribution in [-0.4, -0.2) is 34.4 Å². The van der Waals surface area contributed by atoms with E-state index in [-0.39, 0.29) is 11.9 Å². The zero-order chi connectivity index (χ0) is 18.1. The van der Waals surface area contributed by atoms with Crippen molar-refractivity contribution in [3.8, 4) is 0 Å². The normalized spacial score (nSPS) is 12.3. The molecule has 0 saturated heterocycles. The van der Waals surface area contributed by atoms with Crippen LogP contribution < -0.4 is 10.6 Å². The number of thioether (sulfide) groups is 1. The van der Waals surface area contributed by atoms with Gasteiger partial charge in [-0.05, 0) is 43.6 Å². The molecule has 2 aromatic rings. The second kappa shape index (κ2) is 10.8. The molecule has 1 unspecified atom stereocenters. The minimum Gasteiger partial charge on any atom is -0.360 e. The Kier molecular flexibility index (Phi) is 8.71. The fraction of sp³-hybridized carbons (Fsp3) is 0.588. The third kappa shape index (κ3) is 8.20. The van der Waals surface area contributed by atoms with Gasteiger partial charge in [-0.25, -0.2) is 0 Å². The number of carbonyl (C=O) groups excluding carboxylic acids is 1. The molecule has 0 spiro atoms. The minimum absolute atomic E-state index is 0.0589. The summed E-state index contributed by atoms with van der Waals surface area (Å²) in [6.07, 6.45) is 3.13. The van der Waals surface area contributed by atoms with Gasteiger partial charge in [-0.2, -0.15) is 0 Å². The van der Waals surface area contributed by atoms with E-state index in [0.29, 0.717) is 11.7 Å². The van der Waals surface area contributed by atoms with Crippen molar-refractivity contribution < 1.29 is 4.79 Å². The Morgan fingerprint density at radius 2 is 2.12 bits per heavy atom. The number of hydrogen-bond acceptors (Lipinski definition) is 7. The van der Waals surface area contributed by atoms with E-state index in [0.717, 1.165) is 35.3 Å². The second-order valence-electron chi connectivity index (χ2n) is 6.36. The van der Waals surface area contributed by atoms with Crippen molar-refractivity contribution in [2.75, 3.05) is 17.6 Å². The maximum Gasteiger partial charge on any atom is 0.230 e. The van der Waals surface area contributed by atoms with Crippen LogP contribution >= 0.6 is 34.4 Å². The highest BCUT2D eigenvalue weighted by molar-refractivity contribution is 8.01. The van der Waals surface area contributed by atoms with E-state index in [4.69, 9.17) is 0 Å². The van der Waals surface area contributed by atoms with Gasteiger partial charge in [-0.15, -0.1) is 21.5 Å². The largest absolute Gasteiger partial charge is 0.360 e. The lowest BCUT2D eigenvalue weighted by atomic mass is 10.0. The van der Waals surface area contributed by atoms with Crippen LogP contribution in [0.5, 0.6) is 0 Å². The zero-order valence-corrected chi connectivity index (χ0v) is 17.4. The fourth-order valence-electron chi connectivity index (χ4n) is 2.19. The first-order chi connectivity index (χ1) is 12.0. The van der Waals surface area contributed by atoms with E-state index >= 15 is 0 Å². The van der Waals surface area contributed by atoms with Gasteiger partial charge in [0, 0.05) is 17.5 Å². The molecule has 2 rings (SSSR count). The van der Waals surface area contributed by atoms with Crippen molar-refractivity contribution in [2.45, 2.75) is 50.4 Å². The number of carbonyl (C=O) groups is 1. The third-order valence-electron chi connectivity index (χ3n) is 3.55. The van der Waals surface area contributed by atoms with Gasteiger partial charge in [0.15, 0.2) is 4.34 Å². The topological polar surface area (TPSA) is 66.9 Å². The molecule has 1 amide bonds. The molecule has 0 radical (unpaired) electrons. The van der Waals surface area contributed by atoms with Gasteiger partial charge in [0.1, 0.15) is 0 Å². The summed E-state index contributed by atoms with van der Waals surface area (Å²) < 4.78 is 0.823. The van der Waals surface area contributed by atoms with Crippen LogP contribution in [-0.2, 0) is 11.2 Å². The Bertz CT molecular complexity index is 628. The number of thiophene rings is 1. The van der Waals surface area contributed by atoms with E-state index in [9.17, 15) is 4.79 Å². The van der Waals surface area contributed by atoms with Crippen LogP contribution in [0.3, 0.4) is 0 Å². The molecule has 138 valence electrons. The molecule has 0 saturated carbocycles. The van der Waals surface area contributed by atoms with Crippen LogP contribution in [0.25, 0.3) is 0 Å². The molecule has 2 heterocycles. The zero-order valence-electron chi connectivity index (χ0n) is 14.9. The Morgan fingerprint density at radius 1 is 1.28 bits per heavy atom. The maximum absolute atomic E-state index is 12.0. The predicted molar refractivity (Wildman–Crippen MR) is 109 cm³/mol. The highest BCUT2D eigenvalue weighted by Gasteiger charge is 2.11. The Morgan fingerprint density at radius 3 is 2.84 bits per heavy atom. The van der Waals surface area contributed by atoms with E-state index in [2.05, 4.69) is 59.1 Å². The van der Waals surface area contributed by atoms with Crippen LogP contribution in [0.2, 0.25) is 0 Å². The molecule has 2 N–H and O–H groups in total. The highest BCUT2D eigenvalue weighted by atomic mass is 32.2. The molecule has 0 aliphatic carbocycles. The number of rotatable bonds is 11. The molecular formula is C17H26N4OS3. The van der Waals surface area contributed by atoms with Crippen molar-refractivity contribution in [3.63, 3.8) is 0 Å². The molecule has 1 atom stereocenters. The summed E-state index contributed by atoms with van der Waals surface area (Å²) in [5, 5.41) is 17.5. The maximum atomic E-state index is 12.0. The minimum atomic E-state index is 0.0589. The van der Waals surface area contributed by atoms with Crippen LogP contribution in [0.1, 0.15) is 38.5 Å². The third-order valence-corrected chi connectivity index (χ3v) is 6.50. The van der Waals surface area contributed by atoms with Crippen molar-refractivity contribution in [3.05, 3.63) is 22.4 Å². The van der Waals surface area contributed by atoms with Crippen molar-refractivity contribution in [1.82, 2.24) is 15.5 Å². The summed E-state index contributed by atoms with van der Waals surface area (Å²) >= 11 is 4.70. The lowest BCUT2D eigenvalue weighted by molar-refractivity contribution is -0.119. The first-order valence-corrected chi connectivity index (χ1v) is 11.2. The van der Waals surface area contributed by atoms with Crippen molar-refractivity contribution in [2.24, 2.45) is 5.92 Å². The molecule has 0 bridgehead atoms. The van der Waals surface area contributed by atoms with Gasteiger partial charge in [0.05, 0.1) is 5.75 Å². The summed E-state index contributed by atoms with van der Waals surface area (Å²) in [6.45, 7) is 7.30. The van der Waals surface area contributed by atoms with E-state index in [1.807, 2.05) is 0 Å². The smallest absolute Gasteiger partial charge is 0.230 e. The summed E-state index contributed by atoms with van der Waals surface area (Å²) in [6, 6.07) is 4.42.